The molecule has 4 rings (SSSR count). The average molecular weight is 441 g/mol. The van der Waals surface area contributed by atoms with Gasteiger partial charge in [0.15, 0.2) is 11.4 Å². The van der Waals surface area contributed by atoms with Crippen LogP contribution in [-0.4, -0.2) is 35.9 Å². The molecule has 0 saturated carbocycles. The Labute approximate surface area is 185 Å². The van der Waals surface area contributed by atoms with E-state index in [9.17, 15) is 9.18 Å². The van der Waals surface area contributed by atoms with Crippen molar-refractivity contribution in [2.45, 2.75) is 26.4 Å². The first-order valence-electron chi connectivity index (χ1n) is 10.4. The number of aryl methyl sites for hydroxylation is 1. The molecule has 1 saturated heterocycles. The molecule has 8 heteroatoms. The van der Waals surface area contributed by atoms with E-state index in [-0.39, 0.29) is 11.4 Å². The van der Waals surface area contributed by atoms with E-state index in [2.05, 4.69) is 4.98 Å². The van der Waals surface area contributed by atoms with Crippen molar-refractivity contribution in [2.24, 2.45) is 0 Å². The van der Waals surface area contributed by atoms with Crippen LogP contribution in [0.2, 0.25) is 0 Å². The van der Waals surface area contributed by atoms with Crippen LogP contribution in [0.25, 0.3) is 5.69 Å². The monoisotopic (exact) mass is 441 g/mol. The Morgan fingerprint density at radius 3 is 2.50 bits per heavy atom. The van der Waals surface area contributed by atoms with E-state index in [1.54, 1.807) is 39.0 Å². The fourth-order valence-corrected chi connectivity index (χ4v) is 3.82. The van der Waals surface area contributed by atoms with Gasteiger partial charge in [-0.05, 0) is 45.0 Å². The minimum absolute atomic E-state index is 0.283. The molecule has 2 aromatic carbocycles. The maximum atomic E-state index is 15.1. The normalized spacial score (nSPS) is 14.5. The second-order valence-electron chi connectivity index (χ2n) is 8.20. The zero-order valence-corrected chi connectivity index (χ0v) is 18.3. The van der Waals surface area contributed by atoms with Gasteiger partial charge >= 0.3 is 0 Å². The van der Waals surface area contributed by atoms with Crippen LogP contribution >= 0.6 is 0 Å². The Hall–Kier alpha value is -3.26. The molecular formula is C24H25F2N3O3. The highest BCUT2D eigenvalue weighted by Crippen LogP contribution is 2.29. The van der Waals surface area contributed by atoms with Gasteiger partial charge in [-0.25, -0.2) is 13.8 Å². The number of aromatic nitrogens is 2. The second-order valence-corrected chi connectivity index (χ2v) is 8.20. The summed E-state index contributed by atoms with van der Waals surface area (Å²) in [4.78, 5) is 19.4. The van der Waals surface area contributed by atoms with Gasteiger partial charge in [0.25, 0.3) is 5.56 Å². The summed E-state index contributed by atoms with van der Waals surface area (Å²) in [5.41, 5.74) is -0.173. The molecular weight excluding hydrogens is 416 g/mol. The fraction of sp³-hybridized carbons (Fsp3) is 0.333. The molecule has 0 atom stereocenters. The number of hydrogen-bond donors (Lipinski definition) is 0. The molecule has 1 aliphatic heterocycles. The van der Waals surface area contributed by atoms with Gasteiger partial charge in [-0.2, -0.15) is 0 Å². The molecule has 0 N–H and O–H groups in total. The number of anilines is 1. The molecule has 0 aliphatic carbocycles. The van der Waals surface area contributed by atoms with Crippen molar-refractivity contribution in [3.63, 3.8) is 0 Å². The van der Waals surface area contributed by atoms with Crippen molar-refractivity contribution in [3.05, 3.63) is 82.0 Å². The molecule has 1 fully saturated rings. The lowest BCUT2D eigenvalue weighted by Gasteiger charge is -2.30. The van der Waals surface area contributed by atoms with Gasteiger partial charge < -0.3 is 14.4 Å². The third-order valence-electron chi connectivity index (χ3n) is 5.30. The van der Waals surface area contributed by atoms with Gasteiger partial charge in [-0.15, -0.1) is 0 Å². The third kappa shape index (κ3) is 4.50. The molecule has 0 radical (unpaired) electrons. The Morgan fingerprint density at radius 1 is 1.06 bits per heavy atom. The van der Waals surface area contributed by atoms with Crippen molar-refractivity contribution in [1.29, 1.82) is 0 Å². The van der Waals surface area contributed by atoms with Crippen molar-refractivity contribution in [2.75, 3.05) is 31.2 Å². The highest BCUT2D eigenvalue weighted by atomic mass is 19.1. The second kappa shape index (κ2) is 8.70. The van der Waals surface area contributed by atoms with E-state index in [0.717, 1.165) is 0 Å². The SMILES string of the molecule is Cc1cc(=O)n(-c2ccc(N3CCOCC3)c(F)c2)c(C(C)(C)Oc2cccc(F)c2)n1. The summed E-state index contributed by atoms with van der Waals surface area (Å²) in [6, 6.07) is 11.8. The summed E-state index contributed by atoms with van der Waals surface area (Å²) in [6.45, 7) is 7.44. The predicted molar refractivity (Wildman–Crippen MR) is 118 cm³/mol. The maximum absolute atomic E-state index is 15.1. The molecule has 2 heterocycles. The topological polar surface area (TPSA) is 56.6 Å². The maximum Gasteiger partial charge on any atom is 0.258 e. The minimum atomic E-state index is -1.11. The van der Waals surface area contributed by atoms with Crippen LogP contribution in [0.4, 0.5) is 14.5 Å². The van der Waals surface area contributed by atoms with Crippen molar-refractivity contribution in [3.8, 4) is 11.4 Å². The van der Waals surface area contributed by atoms with Crippen LogP contribution in [-0.2, 0) is 10.3 Å². The van der Waals surface area contributed by atoms with Gasteiger partial charge in [0.1, 0.15) is 17.4 Å². The largest absolute Gasteiger partial charge is 0.480 e. The Kier molecular flexibility index (Phi) is 5.97. The molecule has 1 aliphatic rings. The minimum Gasteiger partial charge on any atom is -0.480 e. The summed E-state index contributed by atoms with van der Waals surface area (Å²) in [7, 11) is 0. The quantitative estimate of drug-likeness (QED) is 0.600. The average Bonchev–Trinajstić information content (AvgIpc) is 2.73. The third-order valence-corrected chi connectivity index (χ3v) is 5.30. The van der Waals surface area contributed by atoms with Crippen molar-refractivity contribution in [1.82, 2.24) is 9.55 Å². The van der Waals surface area contributed by atoms with Gasteiger partial charge in [0.05, 0.1) is 24.6 Å². The Bertz CT molecular complexity index is 1190. The summed E-state index contributed by atoms with van der Waals surface area (Å²) in [6.07, 6.45) is 0. The molecule has 0 bridgehead atoms. The van der Waals surface area contributed by atoms with Crippen molar-refractivity contribution >= 4 is 5.69 Å². The number of rotatable bonds is 5. The number of benzene rings is 2. The lowest BCUT2D eigenvalue weighted by Crippen LogP contribution is -2.37. The summed E-state index contributed by atoms with van der Waals surface area (Å²) in [5, 5.41) is 0. The van der Waals surface area contributed by atoms with E-state index in [1.165, 1.54) is 34.9 Å². The Morgan fingerprint density at radius 2 is 1.81 bits per heavy atom. The number of hydrogen-bond acceptors (Lipinski definition) is 5. The number of halogens is 2. The molecule has 1 aromatic heterocycles. The highest BCUT2D eigenvalue weighted by molar-refractivity contribution is 5.53. The lowest BCUT2D eigenvalue weighted by atomic mass is 10.1. The van der Waals surface area contributed by atoms with Gasteiger partial charge in [0, 0.05) is 37.0 Å². The van der Waals surface area contributed by atoms with E-state index in [0.29, 0.717) is 49.1 Å². The van der Waals surface area contributed by atoms with Crippen LogP contribution < -0.4 is 15.2 Å². The fourth-order valence-electron chi connectivity index (χ4n) is 3.82. The van der Waals surface area contributed by atoms with E-state index >= 15 is 4.39 Å². The van der Waals surface area contributed by atoms with E-state index in [4.69, 9.17) is 9.47 Å². The summed E-state index contributed by atoms with van der Waals surface area (Å²) < 4.78 is 41.4. The number of nitrogens with zero attached hydrogens (tertiary/aromatic N) is 3. The van der Waals surface area contributed by atoms with Gasteiger partial charge in [0.2, 0.25) is 0 Å². The van der Waals surface area contributed by atoms with Crippen molar-refractivity contribution < 1.29 is 18.3 Å². The summed E-state index contributed by atoms with van der Waals surface area (Å²) >= 11 is 0. The molecule has 3 aromatic rings. The van der Waals surface area contributed by atoms with Crippen LogP contribution in [0.5, 0.6) is 5.75 Å². The van der Waals surface area contributed by atoms with Crippen LogP contribution in [0.15, 0.2) is 53.3 Å². The first-order valence-corrected chi connectivity index (χ1v) is 10.4. The van der Waals surface area contributed by atoms with Crippen LogP contribution in [0.3, 0.4) is 0 Å². The summed E-state index contributed by atoms with van der Waals surface area (Å²) in [5.74, 6) is -0.295. The molecule has 6 nitrogen and oxygen atoms in total. The zero-order valence-electron chi connectivity index (χ0n) is 18.3. The standard InChI is InChI=1S/C24H25F2N3O3/c1-16-13-22(30)29(18-7-8-21(20(26)15-18)28-9-11-31-12-10-28)23(27-16)24(2,3)32-19-6-4-5-17(25)14-19/h4-8,13-15H,9-12H2,1-3H3. The predicted octanol–water partition coefficient (Wildman–Crippen LogP) is 3.97. The number of ether oxygens (including phenoxy) is 2. The zero-order chi connectivity index (χ0) is 22.9. The molecule has 0 amide bonds. The van der Waals surface area contributed by atoms with E-state index < -0.39 is 17.2 Å². The van der Waals surface area contributed by atoms with Gasteiger partial charge in [-0.3, -0.25) is 9.36 Å². The number of morpholine rings is 1. The van der Waals surface area contributed by atoms with E-state index in [1.807, 2.05) is 4.90 Å². The van der Waals surface area contributed by atoms with Crippen LogP contribution in [0, 0.1) is 18.6 Å². The first kappa shape index (κ1) is 22.0. The molecule has 168 valence electrons. The smallest absolute Gasteiger partial charge is 0.258 e. The Balaban J connectivity index is 1.76. The molecule has 0 spiro atoms. The molecule has 32 heavy (non-hydrogen) atoms. The van der Waals surface area contributed by atoms with Crippen LogP contribution in [0.1, 0.15) is 25.4 Å². The lowest BCUT2D eigenvalue weighted by molar-refractivity contribution is 0.0945. The van der Waals surface area contributed by atoms with Gasteiger partial charge in [-0.1, -0.05) is 6.07 Å². The first-order chi connectivity index (χ1) is 15.2. The molecule has 0 unspecified atom stereocenters. The highest BCUT2D eigenvalue weighted by Gasteiger charge is 2.30.